The molecule has 0 N–H and O–H groups in total. The van der Waals surface area contributed by atoms with Crippen LogP contribution in [0.15, 0.2) is 0 Å². The Morgan fingerprint density at radius 3 is 2.46 bits per heavy atom. The van der Waals surface area contributed by atoms with Crippen molar-refractivity contribution in [3.8, 4) is 0 Å². The lowest BCUT2D eigenvalue weighted by Crippen LogP contribution is -3.00. The summed E-state index contributed by atoms with van der Waals surface area (Å²) in [6, 6.07) is 0. The van der Waals surface area contributed by atoms with Gasteiger partial charge in [-0.15, -0.1) is 0 Å². The van der Waals surface area contributed by atoms with E-state index in [0.717, 1.165) is 30.3 Å². The molecule has 1 aliphatic carbocycles. The molecule has 78 valence electrons. The van der Waals surface area contributed by atoms with Crippen molar-refractivity contribution in [2.45, 2.75) is 25.7 Å². The molecule has 0 aromatic heterocycles. The lowest BCUT2D eigenvalue weighted by molar-refractivity contribution is -0.873. The summed E-state index contributed by atoms with van der Waals surface area (Å²) >= 11 is 0. The summed E-state index contributed by atoms with van der Waals surface area (Å²) in [5.74, 6) is 1.12. The fourth-order valence-electron chi connectivity index (χ4n) is 2.04. The number of rotatable bonds is 2. The molecule has 0 saturated heterocycles. The number of carbonyl (C=O) groups excluding carboxylic acids is 1. The van der Waals surface area contributed by atoms with E-state index in [1.807, 2.05) is 0 Å². The van der Waals surface area contributed by atoms with Gasteiger partial charge in [0, 0.05) is 18.8 Å². The van der Waals surface area contributed by atoms with Crippen molar-refractivity contribution in [1.82, 2.24) is 0 Å². The quantitative estimate of drug-likeness (QED) is 0.446. The third-order valence-electron chi connectivity index (χ3n) is 2.39. The van der Waals surface area contributed by atoms with Gasteiger partial charge in [-0.2, -0.15) is 0 Å². The van der Waals surface area contributed by atoms with Gasteiger partial charge in [0.05, 0.1) is 27.7 Å². The number of halogens is 1. The first-order valence-electron chi connectivity index (χ1n) is 4.79. The Morgan fingerprint density at radius 1 is 1.38 bits per heavy atom. The van der Waals surface area contributed by atoms with Crippen molar-refractivity contribution >= 4 is 5.78 Å². The van der Waals surface area contributed by atoms with Crippen molar-refractivity contribution in [1.29, 1.82) is 0 Å². The minimum atomic E-state index is 0. The van der Waals surface area contributed by atoms with E-state index >= 15 is 0 Å². The van der Waals surface area contributed by atoms with Gasteiger partial charge in [0.15, 0.2) is 0 Å². The summed E-state index contributed by atoms with van der Waals surface area (Å²) in [7, 11) is 6.58. The van der Waals surface area contributed by atoms with Gasteiger partial charge in [-0.25, -0.2) is 0 Å². The number of Topliss-reactive ketones (excluding diaryl/α,β-unsaturated/α-hetero) is 1. The molecule has 1 atom stereocenters. The number of ketones is 1. The predicted molar refractivity (Wildman–Crippen MR) is 49.9 cm³/mol. The molecule has 1 aliphatic rings. The summed E-state index contributed by atoms with van der Waals surface area (Å²) in [6.45, 7) is 1.14. The van der Waals surface area contributed by atoms with Crippen molar-refractivity contribution in [3.63, 3.8) is 0 Å². The smallest absolute Gasteiger partial charge is 0.133 e. The molecule has 1 unspecified atom stereocenters. The maximum absolute atomic E-state index is 11.2. The van der Waals surface area contributed by atoms with Gasteiger partial charge in [-0.05, 0) is 12.8 Å². The third-order valence-corrected chi connectivity index (χ3v) is 2.39. The molecule has 1 rings (SSSR count). The topological polar surface area (TPSA) is 17.1 Å². The van der Waals surface area contributed by atoms with Crippen LogP contribution in [0.2, 0.25) is 0 Å². The molecular formula is C10H20INO. The summed E-state index contributed by atoms with van der Waals surface area (Å²) in [5.41, 5.74) is 0. The average molecular weight is 297 g/mol. The lowest BCUT2D eigenvalue weighted by Gasteiger charge is -2.30. The van der Waals surface area contributed by atoms with E-state index in [4.69, 9.17) is 0 Å². The Bertz CT molecular complexity index is 174. The molecule has 1 fully saturated rings. The Morgan fingerprint density at radius 2 is 2.00 bits per heavy atom. The highest BCUT2D eigenvalue weighted by Gasteiger charge is 2.24. The summed E-state index contributed by atoms with van der Waals surface area (Å²) in [4.78, 5) is 11.2. The summed E-state index contributed by atoms with van der Waals surface area (Å²) in [6.07, 6.45) is 4.02. The highest BCUT2D eigenvalue weighted by Crippen LogP contribution is 2.22. The van der Waals surface area contributed by atoms with Gasteiger partial charge in [0.1, 0.15) is 5.78 Å². The van der Waals surface area contributed by atoms with Crippen LogP contribution in [0, 0.1) is 5.92 Å². The second-order valence-electron chi connectivity index (χ2n) is 4.97. The molecule has 2 nitrogen and oxygen atoms in total. The zero-order chi connectivity index (χ0) is 9.19. The molecule has 0 heterocycles. The van der Waals surface area contributed by atoms with Gasteiger partial charge in [-0.1, -0.05) is 0 Å². The molecule has 3 heteroatoms. The van der Waals surface area contributed by atoms with Crippen LogP contribution >= 0.6 is 0 Å². The zero-order valence-corrected chi connectivity index (χ0v) is 11.0. The maximum Gasteiger partial charge on any atom is 0.133 e. The van der Waals surface area contributed by atoms with Crippen molar-refractivity contribution in [2.24, 2.45) is 5.92 Å². The van der Waals surface area contributed by atoms with Gasteiger partial charge < -0.3 is 28.5 Å². The molecule has 0 aromatic carbocycles. The van der Waals surface area contributed by atoms with E-state index in [2.05, 4.69) is 21.1 Å². The highest BCUT2D eigenvalue weighted by atomic mass is 127. The molecule has 13 heavy (non-hydrogen) atoms. The summed E-state index contributed by atoms with van der Waals surface area (Å²) < 4.78 is 0.984. The predicted octanol–water partition coefficient (Wildman–Crippen LogP) is -1.54. The third kappa shape index (κ3) is 5.62. The van der Waals surface area contributed by atoms with Crippen LogP contribution in [-0.4, -0.2) is 38.0 Å². The first-order chi connectivity index (χ1) is 5.47. The first kappa shape index (κ1) is 13.4. The standard InChI is InChI=1S/C10H20NO.HI/c1-11(2,3)8-9-5-4-6-10(12)7-9;/h9H,4-8H2,1-3H3;1H/q+1;/p-1. The maximum atomic E-state index is 11.2. The van der Waals surface area contributed by atoms with Crippen molar-refractivity contribution in [2.75, 3.05) is 27.7 Å². The van der Waals surface area contributed by atoms with E-state index < -0.39 is 0 Å². The number of nitrogens with zero attached hydrogens (tertiary/aromatic N) is 1. The number of hydrogen-bond donors (Lipinski definition) is 0. The zero-order valence-electron chi connectivity index (χ0n) is 8.85. The molecule has 1 saturated carbocycles. The molecule has 0 bridgehead atoms. The normalized spacial score (nSPS) is 23.9. The fourth-order valence-corrected chi connectivity index (χ4v) is 2.04. The largest absolute Gasteiger partial charge is 1.00 e. The molecular weight excluding hydrogens is 277 g/mol. The van der Waals surface area contributed by atoms with E-state index in [1.165, 1.54) is 6.42 Å². The molecule has 0 radical (unpaired) electrons. The van der Waals surface area contributed by atoms with Gasteiger partial charge in [0.25, 0.3) is 0 Å². The van der Waals surface area contributed by atoms with Crippen LogP contribution < -0.4 is 24.0 Å². The van der Waals surface area contributed by atoms with Gasteiger partial charge in [-0.3, -0.25) is 4.79 Å². The van der Waals surface area contributed by atoms with Crippen molar-refractivity contribution in [3.05, 3.63) is 0 Å². The van der Waals surface area contributed by atoms with E-state index in [-0.39, 0.29) is 24.0 Å². The van der Waals surface area contributed by atoms with Crippen molar-refractivity contribution < 1.29 is 33.3 Å². The Kier molecular flexibility index (Phi) is 5.44. The van der Waals surface area contributed by atoms with Crippen LogP contribution in [0.25, 0.3) is 0 Å². The number of hydrogen-bond acceptors (Lipinski definition) is 1. The van der Waals surface area contributed by atoms with Crippen LogP contribution in [0.3, 0.4) is 0 Å². The SMILES string of the molecule is C[N+](C)(C)CC1CCCC(=O)C1.[I-]. The van der Waals surface area contributed by atoms with Crippen LogP contribution in [0.4, 0.5) is 0 Å². The Balaban J connectivity index is 0.00000144. The monoisotopic (exact) mass is 297 g/mol. The van der Waals surface area contributed by atoms with E-state index in [1.54, 1.807) is 0 Å². The fraction of sp³-hybridized carbons (Fsp3) is 0.900. The van der Waals surface area contributed by atoms with E-state index in [0.29, 0.717) is 11.7 Å². The number of quaternary nitrogens is 1. The second kappa shape index (κ2) is 5.29. The van der Waals surface area contributed by atoms with Gasteiger partial charge in [0.2, 0.25) is 0 Å². The summed E-state index contributed by atoms with van der Waals surface area (Å²) in [5, 5.41) is 0. The minimum absolute atomic E-state index is 0. The Hall–Kier alpha value is 0.360. The van der Waals surface area contributed by atoms with E-state index in [9.17, 15) is 4.79 Å². The van der Waals surface area contributed by atoms with Crippen LogP contribution in [0.5, 0.6) is 0 Å². The number of carbonyl (C=O) groups is 1. The lowest BCUT2D eigenvalue weighted by atomic mass is 9.88. The second-order valence-corrected chi connectivity index (χ2v) is 4.97. The van der Waals surface area contributed by atoms with Crippen LogP contribution in [-0.2, 0) is 4.79 Å². The average Bonchev–Trinajstić information content (AvgIpc) is 1.82. The van der Waals surface area contributed by atoms with Gasteiger partial charge >= 0.3 is 0 Å². The molecule has 0 aromatic rings. The van der Waals surface area contributed by atoms with Crippen LogP contribution in [0.1, 0.15) is 25.7 Å². The molecule has 0 amide bonds. The minimum Gasteiger partial charge on any atom is -1.00 e. The first-order valence-corrected chi connectivity index (χ1v) is 4.79. The molecule has 0 aliphatic heterocycles. The molecule has 0 spiro atoms. The Labute approximate surface area is 98.3 Å². The highest BCUT2D eigenvalue weighted by molar-refractivity contribution is 5.79.